The van der Waals surface area contributed by atoms with E-state index in [2.05, 4.69) is 20.8 Å². The molecule has 1 atom stereocenters. The average Bonchev–Trinajstić information content (AvgIpc) is 2.28. The Morgan fingerprint density at radius 2 is 1.76 bits per heavy atom. The number of rotatable bonds is 7. The fourth-order valence-corrected chi connectivity index (χ4v) is 1.99. The van der Waals surface area contributed by atoms with Crippen molar-refractivity contribution >= 4 is 0 Å². The van der Waals surface area contributed by atoms with Gasteiger partial charge in [-0.25, -0.2) is 0 Å². The smallest absolute Gasteiger partial charge is 0.119 e. The van der Waals surface area contributed by atoms with Crippen molar-refractivity contribution in [2.45, 2.75) is 33.6 Å². The summed E-state index contributed by atoms with van der Waals surface area (Å²) in [5, 5.41) is 8.82. The highest BCUT2D eigenvalue weighted by Gasteiger charge is 2.05. The Balaban J connectivity index is 2.36. The van der Waals surface area contributed by atoms with E-state index in [4.69, 9.17) is 9.84 Å². The van der Waals surface area contributed by atoms with E-state index in [9.17, 15) is 0 Å². The molecule has 96 valence electrons. The lowest BCUT2D eigenvalue weighted by atomic mass is 10.00. The molecular weight excluding hydrogens is 212 g/mol. The molecule has 0 spiro atoms. The molecule has 0 amide bonds. The van der Waals surface area contributed by atoms with Crippen molar-refractivity contribution in [1.82, 2.24) is 0 Å². The zero-order valence-corrected chi connectivity index (χ0v) is 11.1. The number of hydrogen-bond donors (Lipinski definition) is 1. The third kappa shape index (κ3) is 5.73. The van der Waals surface area contributed by atoms with Crippen molar-refractivity contribution in [2.75, 3.05) is 13.2 Å². The fourth-order valence-electron chi connectivity index (χ4n) is 1.99. The molecule has 1 aromatic carbocycles. The standard InChI is InChI=1S/C15H24O2/c1-12(2)10-13(3)11-17-15-6-4-14(5-7-15)8-9-16/h4-7,12-13,16H,8-11H2,1-3H3. The molecule has 1 aromatic rings. The summed E-state index contributed by atoms with van der Waals surface area (Å²) in [6.07, 6.45) is 1.91. The van der Waals surface area contributed by atoms with Gasteiger partial charge in [0.15, 0.2) is 0 Å². The number of benzene rings is 1. The quantitative estimate of drug-likeness (QED) is 0.787. The van der Waals surface area contributed by atoms with Crippen LogP contribution in [0.15, 0.2) is 24.3 Å². The van der Waals surface area contributed by atoms with Crippen LogP contribution >= 0.6 is 0 Å². The topological polar surface area (TPSA) is 29.5 Å². The molecule has 0 saturated carbocycles. The number of hydrogen-bond acceptors (Lipinski definition) is 2. The van der Waals surface area contributed by atoms with Crippen LogP contribution in [-0.4, -0.2) is 18.3 Å². The van der Waals surface area contributed by atoms with E-state index in [1.54, 1.807) is 0 Å². The first-order chi connectivity index (χ1) is 8.11. The van der Waals surface area contributed by atoms with Gasteiger partial charge in [-0.15, -0.1) is 0 Å². The Kier molecular flexibility index (Phi) is 6.06. The molecule has 0 aromatic heterocycles. The van der Waals surface area contributed by atoms with Crippen LogP contribution in [0.1, 0.15) is 32.8 Å². The SMILES string of the molecule is CC(C)CC(C)COc1ccc(CCO)cc1. The molecule has 0 aliphatic carbocycles. The monoisotopic (exact) mass is 236 g/mol. The second-order valence-electron chi connectivity index (χ2n) is 5.16. The highest BCUT2D eigenvalue weighted by molar-refractivity contribution is 5.27. The highest BCUT2D eigenvalue weighted by Crippen LogP contribution is 2.16. The van der Waals surface area contributed by atoms with E-state index in [-0.39, 0.29) is 6.61 Å². The van der Waals surface area contributed by atoms with Crippen molar-refractivity contribution in [3.8, 4) is 5.75 Å². The maximum atomic E-state index is 8.82. The predicted molar refractivity (Wildman–Crippen MR) is 71.3 cm³/mol. The second-order valence-corrected chi connectivity index (χ2v) is 5.16. The number of ether oxygens (including phenoxy) is 1. The maximum Gasteiger partial charge on any atom is 0.119 e. The molecule has 1 N–H and O–H groups in total. The minimum Gasteiger partial charge on any atom is -0.493 e. The average molecular weight is 236 g/mol. The van der Waals surface area contributed by atoms with E-state index in [1.807, 2.05) is 24.3 Å². The molecule has 0 aliphatic rings. The fraction of sp³-hybridized carbons (Fsp3) is 0.600. The summed E-state index contributed by atoms with van der Waals surface area (Å²) in [6, 6.07) is 7.98. The molecule has 2 heteroatoms. The molecule has 0 saturated heterocycles. The molecule has 1 rings (SSSR count). The van der Waals surface area contributed by atoms with E-state index in [1.165, 1.54) is 6.42 Å². The van der Waals surface area contributed by atoms with E-state index < -0.39 is 0 Å². The van der Waals surface area contributed by atoms with Gasteiger partial charge in [-0.1, -0.05) is 32.9 Å². The Morgan fingerprint density at radius 3 is 2.29 bits per heavy atom. The van der Waals surface area contributed by atoms with Crippen LogP contribution in [0.25, 0.3) is 0 Å². The van der Waals surface area contributed by atoms with Crippen LogP contribution in [0.3, 0.4) is 0 Å². The lowest BCUT2D eigenvalue weighted by molar-refractivity contribution is 0.239. The van der Waals surface area contributed by atoms with Crippen LogP contribution in [0.2, 0.25) is 0 Å². The minimum atomic E-state index is 0.200. The van der Waals surface area contributed by atoms with Gasteiger partial charge in [-0.3, -0.25) is 0 Å². The van der Waals surface area contributed by atoms with Gasteiger partial charge in [0.05, 0.1) is 6.61 Å². The highest BCUT2D eigenvalue weighted by atomic mass is 16.5. The summed E-state index contributed by atoms with van der Waals surface area (Å²) in [5.41, 5.74) is 1.15. The summed E-state index contributed by atoms with van der Waals surface area (Å²) in [4.78, 5) is 0. The Labute approximate surface area is 105 Å². The largest absolute Gasteiger partial charge is 0.493 e. The Hall–Kier alpha value is -1.02. The molecule has 0 heterocycles. The second kappa shape index (κ2) is 7.33. The molecule has 0 radical (unpaired) electrons. The summed E-state index contributed by atoms with van der Waals surface area (Å²) in [7, 11) is 0. The molecule has 0 aliphatic heterocycles. The molecule has 0 bridgehead atoms. The van der Waals surface area contributed by atoms with Crippen molar-refractivity contribution < 1.29 is 9.84 Å². The van der Waals surface area contributed by atoms with Gasteiger partial charge in [0.2, 0.25) is 0 Å². The van der Waals surface area contributed by atoms with Crippen LogP contribution in [0.5, 0.6) is 5.75 Å². The van der Waals surface area contributed by atoms with Crippen LogP contribution in [0, 0.1) is 11.8 Å². The van der Waals surface area contributed by atoms with Gasteiger partial charge in [0, 0.05) is 6.61 Å². The minimum absolute atomic E-state index is 0.200. The predicted octanol–water partition coefficient (Wildman–Crippen LogP) is 3.28. The number of aliphatic hydroxyl groups excluding tert-OH is 1. The first-order valence-electron chi connectivity index (χ1n) is 6.44. The van der Waals surface area contributed by atoms with E-state index in [0.717, 1.165) is 23.8 Å². The van der Waals surface area contributed by atoms with Gasteiger partial charge in [-0.2, -0.15) is 0 Å². The third-order valence-electron chi connectivity index (χ3n) is 2.73. The summed E-state index contributed by atoms with van der Waals surface area (Å²) < 4.78 is 5.74. The zero-order chi connectivity index (χ0) is 12.7. The van der Waals surface area contributed by atoms with Crippen LogP contribution < -0.4 is 4.74 Å². The molecule has 0 fully saturated rings. The maximum absolute atomic E-state index is 8.82. The lowest BCUT2D eigenvalue weighted by Gasteiger charge is -2.15. The summed E-state index contributed by atoms with van der Waals surface area (Å²) in [6.45, 7) is 7.67. The number of aliphatic hydroxyl groups is 1. The van der Waals surface area contributed by atoms with Crippen LogP contribution in [-0.2, 0) is 6.42 Å². The van der Waals surface area contributed by atoms with E-state index >= 15 is 0 Å². The van der Waals surface area contributed by atoms with Gasteiger partial charge >= 0.3 is 0 Å². The molecule has 2 nitrogen and oxygen atoms in total. The Morgan fingerprint density at radius 1 is 1.12 bits per heavy atom. The summed E-state index contributed by atoms with van der Waals surface area (Å²) in [5.74, 6) is 2.23. The first kappa shape index (κ1) is 14.0. The van der Waals surface area contributed by atoms with E-state index in [0.29, 0.717) is 12.3 Å². The summed E-state index contributed by atoms with van der Waals surface area (Å²) >= 11 is 0. The van der Waals surface area contributed by atoms with Gasteiger partial charge in [-0.05, 0) is 42.4 Å². The van der Waals surface area contributed by atoms with Gasteiger partial charge in [0.25, 0.3) is 0 Å². The van der Waals surface area contributed by atoms with Gasteiger partial charge in [0.1, 0.15) is 5.75 Å². The first-order valence-corrected chi connectivity index (χ1v) is 6.44. The third-order valence-corrected chi connectivity index (χ3v) is 2.73. The van der Waals surface area contributed by atoms with Crippen molar-refractivity contribution in [2.24, 2.45) is 11.8 Å². The molecule has 1 unspecified atom stereocenters. The normalized spacial score (nSPS) is 12.8. The van der Waals surface area contributed by atoms with Gasteiger partial charge < -0.3 is 9.84 Å². The van der Waals surface area contributed by atoms with Crippen molar-refractivity contribution in [3.05, 3.63) is 29.8 Å². The lowest BCUT2D eigenvalue weighted by Crippen LogP contribution is -2.10. The van der Waals surface area contributed by atoms with Crippen molar-refractivity contribution in [1.29, 1.82) is 0 Å². The Bertz CT molecular complexity index is 303. The van der Waals surface area contributed by atoms with Crippen molar-refractivity contribution in [3.63, 3.8) is 0 Å². The van der Waals surface area contributed by atoms with Crippen LogP contribution in [0.4, 0.5) is 0 Å². The molecular formula is C15H24O2. The zero-order valence-electron chi connectivity index (χ0n) is 11.1. The molecule has 17 heavy (non-hydrogen) atoms.